The quantitative estimate of drug-likeness (QED) is 0.448. The third kappa shape index (κ3) is 3.71. The lowest BCUT2D eigenvalue weighted by molar-refractivity contribution is 1.09. The maximum absolute atomic E-state index is 4.60. The zero-order chi connectivity index (χ0) is 19.5. The van der Waals surface area contributed by atoms with Crippen molar-refractivity contribution in [1.29, 1.82) is 0 Å². The first-order chi connectivity index (χ1) is 14.3. The highest BCUT2D eigenvalue weighted by Gasteiger charge is 2.12. The van der Waals surface area contributed by atoms with Crippen LogP contribution in [0.1, 0.15) is 0 Å². The van der Waals surface area contributed by atoms with Gasteiger partial charge in [-0.2, -0.15) is 4.98 Å². The van der Waals surface area contributed by atoms with Gasteiger partial charge in [0.1, 0.15) is 10.8 Å². The Kier molecular flexibility index (Phi) is 4.47. The highest BCUT2D eigenvalue weighted by atomic mass is 32.1. The molecule has 0 amide bonds. The average Bonchev–Trinajstić information content (AvgIpc) is 3.24. The van der Waals surface area contributed by atoms with Crippen LogP contribution in [0.4, 0.5) is 22.8 Å². The minimum atomic E-state index is 0.394. The van der Waals surface area contributed by atoms with Crippen LogP contribution in [0, 0.1) is 0 Å². The van der Waals surface area contributed by atoms with Gasteiger partial charge in [-0.25, -0.2) is 15.0 Å². The summed E-state index contributed by atoms with van der Waals surface area (Å²) in [4.78, 5) is 17.5. The molecule has 0 aliphatic heterocycles. The highest BCUT2D eigenvalue weighted by Crippen LogP contribution is 2.30. The molecule has 8 nitrogen and oxygen atoms in total. The number of fused-ring (bicyclic) bond motifs is 1. The zero-order valence-corrected chi connectivity index (χ0v) is 15.8. The summed E-state index contributed by atoms with van der Waals surface area (Å²) in [6, 6.07) is 19.4. The van der Waals surface area contributed by atoms with E-state index in [1.54, 1.807) is 18.5 Å². The summed E-state index contributed by atoms with van der Waals surface area (Å²) in [6.07, 6.45) is 3.31. The Morgan fingerprint density at radius 3 is 2.34 bits per heavy atom. The van der Waals surface area contributed by atoms with Gasteiger partial charge in [0.2, 0.25) is 17.0 Å². The molecule has 0 unspecified atom stereocenters. The van der Waals surface area contributed by atoms with Crippen molar-refractivity contribution in [3.63, 3.8) is 0 Å². The molecule has 0 bridgehead atoms. The van der Waals surface area contributed by atoms with Crippen molar-refractivity contribution < 1.29 is 0 Å². The monoisotopic (exact) mass is 398 g/mol. The minimum absolute atomic E-state index is 0.394. The van der Waals surface area contributed by atoms with Gasteiger partial charge in [-0.05, 0) is 18.2 Å². The number of nitrogens with one attached hydrogen (secondary N) is 2. The number of anilines is 4. The molecule has 3 heterocycles. The van der Waals surface area contributed by atoms with Crippen LogP contribution in [0.2, 0.25) is 0 Å². The lowest BCUT2D eigenvalue weighted by atomic mass is 10.2. The van der Waals surface area contributed by atoms with E-state index in [0.717, 1.165) is 21.5 Å². The number of para-hydroxylation sites is 1. The number of benzene rings is 2. The van der Waals surface area contributed by atoms with E-state index >= 15 is 0 Å². The number of aromatic nitrogens is 6. The van der Waals surface area contributed by atoms with Gasteiger partial charge in [0.05, 0.1) is 5.52 Å². The molecule has 5 rings (SSSR count). The maximum Gasteiger partial charge on any atom is 0.232 e. The summed E-state index contributed by atoms with van der Waals surface area (Å²) in [7, 11) is 0. The fraction of sp³-hybridized carbons (Fsp3) is 0. The largest absolute Gasteiger partial charge is 0.314 e. The molecule has 0 spiro atoms. The van der Waals surface area contributed by atoms with Gasteiger partial charge in [0.25, 0.3) is 0 Å². The third-order valence-electron chi connectivity index (χ3n) is 4.06. The van der Waals surface area contributed by atoms with Crippen molar-refractivity contribution >= 4 is 45.1 Å². The fourth-order valence-corrected chi connectivity index (χ4v) is 3.51. The van der Waals surface area contributed by atoms with Crippen LogP contribution < -0.4 is 10.6 Å². The van der Waals surface area contributed by atoms with Crippen molar-refractivity contribution in [3.05, 3.63) is 73.1 Å². The summed E-state index contributed by atoms with van der Waals surface area (Å²) in [5.41, 5.74) is 1.81. The predicted molar refractivity (Wildman–Crippen MR) is 113 cm³/mol. The average molecular weight is 398 g/mol. The highest BCUT2D eigenvalue weighted by molar-refractivity contribution is 7.18. The van der Waals surface area contributed by atoms with Crippen molar-refractivity contribution in [2.24, 2.45) is 0 Å². The molecule has 2 aromatic carbocycles. The van der Waals surface area contributed by atoms with Crippen LogP contribution in [0.3, 0.4) is 0 Å². The number of hydrogen-bond donors (Lipinski definition) is 2. The third-order valence-corrected chi connectivity index (χ3v) is 4.95. The van der Waals surface area contributed by atoms with Crippen molar-refractivity contribution in [1.82, 2.24) is 30.1 Å². The minimum Gasteiger partial charge on any atom is -0.314 e. The summed E-state index contributed by atoms with van der Waals surface area (Å²) in [5.74, 6) is 1.45. The number of hydrogen-bond acceptors (Lipinski definition) is 9. The second-order valence-corrected chi connectivity index (χ2v) is 6.99. The van der Waals surface area contributed by atoms with E-state index in [4.69, 9.17) is 0 Å². The molecule has 0 radical (unpaired) electrons. The van der Waals surface area contributed by atoms with E-state index in [0.29, 0.717) is 22.8 Å². The number of nitrogens with zero attached hydrogens (tertiary/aromatic N) is 6. The Balaban J connectivity index is 1.50. The second-order valence-electron chi connectivity index (χ2n) is 6.01. The molecular weight excluding hydrogens is 384 g/mol. The molecule has 0 saturated heterocycles. The van der Waals surface area contributed by atoms with Crippen LogP contribution in [-0.4, -0.2) is 30.1 Å². The first-order valence-corrected chi connectivity index (χ1v) is 9.63. The maximum atomic E-state index is 4.60. The summed E-state index contributed by atoms with van der Waals surface area (Å²) < 4.78 is 0. The van der Waals surface area contributed by atoms with Gasteiger partial charge in [-0.15, -0.1) is 10.2 Å². The molecular formula is C20H14N8S. The molecule has 3 aromatic heterocycles. The Bertz CT molecular complexity index is 1260. The van der Waals surface area contributed by atoms with Crippen LogP contribution in [0.5, 0.6) is 0 Å². The predicted octanol–water partition coefficient (Wildman–Crippen LogP) is 4.43. The second kappa shape index (κ2) is 7.56. The first kappa shape index (κ1) is 17.1. The molecule has 0 aliphatic carbocycles. The first-order valence-electron chi connectivity index (χ1n) is 8.82. The lowest BCUT2D eigenvalue weighted by Crippen LogP contribution is -2.04. The molecule has 0 atom stereocenters. The van der Waals surface area contributed by atoms with Crippen LogP contribution in [0.25, 0.3) is 21.5 Å². The summed E-state index contributed by atoms with van der Waals surface area (Å²) in [6.45, 7) is 0. The summed E-state index contributed by atoms with van der Waals surface area (Å²) >= 11 is 1.46. The molecule has 5 aromatic rings. The van der Waals surface area contributed by atoms with Crippen LogP contribution in [-0.2, 0) is 0 Å². The molecule has 140 valence electrons. The number of rotatable bonds is 5. The molecule has 0 fully saturated rings. The zero-order valence-electron chi connectivity index (χ0n) is 15.0. The molecule has 29 heavy (non-hydrogen) atoms. The van der Waals surface area contributed by atoms with Gasteiger partial charge in [0, 0.05) is 23.3 Å². The van der Waals surface area contributed by atoms with E-state index in [2.05, 4.69) is 40.8 Å². The molecule has 0 saturated carbocycles. The Morgan fingerprint density at radius 2 is 1.48 bits per heavy atom. The molecule has 2 N–H and O–H groups in total. The van der Waals surface area contributed by atoms with E-state index in [1.807, 2.05) is 54.6 Å². The van der Waals surface area contributed by atoms with Gasteiger partial charge < -0.3 is 5.32 Å². The Hall–Kier alpha value is -3.98. The summed E-state index contributed by atoms with van der Waals surface area (Å²) in [5, 5.41) is 17.2. The van der Waals surface area contributed by atoms with Crippen LogP contribution in [0.15, 0.2) is 73.1 Å². The van der Waals surface area contributed by atoms with Gasteiger partial charge in [0.15, 0.2) is 0 Å². The van der Waals surface area contributed by atoms with Crippen molar-refractivity contribution in [2.75, 3.05) is 10.6 Å². The van der Waals surface area contributed by atoms with E-state index in [1.165, 1.54) is 11.3 Å². The Labute approximate surface area is 169 Å². The van der Waals surface area contributed by atoms with Crippen molar-refractivity contribution in [2.45, 2.75) is 0 Å². The van der Waals surface area contributed by atoms with Gasteiger partial charge in [-0.1, -0.05) is 53.8 Å². The van der Waals surface area contributed by atoms with E-state index in [-0.39, 0.29) is 0 Å². The Morgan fingerprint density at radius 1 is 0.690 bits per heavy atom. The molecule has 0 aliphatic rings. The lowest BCUT2D eigenvalue weighted by Gasteiger charge is -2.09. The van der Waals surface area contributed by atoms with E-state index in [9.17, 15) is 0 Å². The smallest absolute Gasteiger partial charge is 0.232 e. The topological polar surface area (TPSA) is 101 Å². The van der Waals surface area contributed by atoms with Gasteiger partial charge >= 0.3 is 0 Å². The van der Waals surface area contributed by atoms with Crippen molar-refractivity contribution in [3.8, 4) is 10.6 Å². The van der Waals surface area contributed by atoms with E-state index < -0.39 is 0 Å². The molecule has 9 heteroatoms. The SMILES string of the molecule is c1ccc(-c2nnc(Nc3nc(Nc4ncccn4)nc4ccccc34)s2)cc1. The normalized spacial score (nSPS) is 10.8. The standard InChI is InChI=1S/C20H14N8S/c1-2-7-13(8-3-1)17-27-28-20(29-17)25-16-14-9-4-5-10-15(14)23-19(24-16)26-18-21-11-6-12-22-18/h1-12H,(H2,21,22,23,24,25,26,28). The van der Waals surface area contributed by atoms with Gasteiger partial charge in [-0.3, -0.25) is 5.32 Å². The van der Waals surface area contributed by atoms with Crippen LogP contribution >= 0.6 is 11.3 Å². The fourth-order valence-electron chi connectivity index (χ4n) is 2.76.